The van der Waals surface area contributed by atoms with Gasteiger partial charge in [0.25, 0.3) is 0 Å². The number of halogens is 1. The van der Waals surface area contributed by atoms with Gasteiger partial charge in [-0.2, -0.15) is 0 Å². The van der Waals surface area contributed by atoms with Crippen LogP contribution in [0.5, 0.6) is 11.5 Å². The summed E-state index contributed by atoms with van der Waals surface area (Å²) in [6.07, 6.45) is 1.73. The zero-order valence-electron chi connectivity index (χ0n) is 20.7. The molecule has 0 unspecified atom stereocenters. The Balaban J connectivity index is 1.91. The lowest BCUT2D eigenvalue weighted by Crippen LogP contribution is -2.51. The molecule has 1 aliphatic rings. The van der Waals surface area contributed by atoms with Crippen molar-refractivity contribution in [3.05, 3.63) is 53.1 Å². The van der Waals surface area contributed by atoms with Gasteiger partial charge in [-0.15, -0.1) is 0 Å². The summed E-state index contributed by atoms with van der Waals surface area (Å²) in [4.78, 5) is 27.9. The minimum absolute atomic E-state index is 0.0380. The zero-order valence-corrected chi connectivity index (χ0v) is 22.3. The number of ether oxygens (including phenoxy) is 2. The van der Waals surface area contributed by atoms with Crippen molar-refractivity contribution >= 4 is 39.1 Å². The first kappa shape index (κ1) is 27.6. The molecule has 0 fully saturated rings. The molecule has 1 atom stereocenters. The molecule has 2 amide bonds. The van der Waals surface area contributed by atoms with E-state index in [-0.39, 0.29) is 30.7 Å². The number of hydrogen-bond donors (Lipinski definition) is 1. The first-order valence-electron chi connectivity index (χ1n) is 11.9. The van der Waals surface area contributed by atoms with E-state index in [9.17, 15) is 18.0 Å². The maximum Gasteiger partial charge on any atom is 0.244 e. The van der Waals surface area contributed by atoms with Gasteiger partial charge in [0, 0.05) is 24.2 Å². The molecule has 196 valence electrons. The second-order valence-electron chi connectivity index (χ2n) is 8.42. The van der Waals surface area contributed by atoms with E-state index in [1.807, 2.05) is 6.92 Å². The number of unbranched alkanes of at least 4 members (excludes halogenated alkanes) is 1. The van der Waals surface area contributed by atoms with E-state index in [0.29, 0.717) is 23.1 Å². The molecule has 2 aromatic rings. The SMILES string of the molecule is CCCCNC(=O)[C@H](C)N(Cc1cccc(Cl)c1)C(=O)CN(c1ccc2c(c1)OCO2)S(=O)(=O)CC. The Morgan fingerprint density at radius 1 is 1.11 bits per heavy atom. The number of rotatable bonds is 12. The summed E-state index contributed by atoms with van der Waals surface area (Å²) >= 11 is 6.13. The van der Waals surface area contributed by atoms with Crippen LogP contribution in [-0.2, 0) is 26.2 Å². The number of nitrogens with zero attached hydrogens (tertiary/aromatic N) is 2. The molecule has 3 rings (SSSR count). The van der Waals surface area contributed by atoms with E-state index in [1.165, 1.54) is 17.9 Å². The van der Waals surface area contributed by atoms with Crippen LogP contribution >= 0.6 is 11.6 Å². The predicted octanol–water partition coefficient (Wildman–Crippen LogP) is 3.56. The number of fused-ring (bicyclic) bond motifs is 1. The number of benzene rings is 2. The number of carbonyl (C=O) groups excluding carboxylic acids is 2. The van der Waals surface area contributed by atoms with Gasteiger partial charge < -0.3 is 19.7 Å². The molecular weight excluding hydrogens is 506 g/mol. The molecular formula is C25H32ClN3O6S. The Labute approximate surface area is 217 Å². The molecule has 11 heteroatoms. The third-order valence-corrected chi connectivity index (χ3v) is 7.84. The molecule has 9 nitrogen and oxygen atoms in total. The highest BCUT2D eigenvalue weighted by Gasteiger charge is 2.31. The molecule has 0 radical (unpaired) electrons. The fourth-order valence-corrected chi connectivity index (χ4v) is 4.98. The Morgan fingerprint density at radius 2 is 1.86 bits per heavy atom. The van der Waals surface area contributed by atoms with Crippen LogP contribution in [0.15, 0.2) is 42.5 Å². The van der Waals surface area contributed by atoms with Gasteiger partial charge in [-0.05, 0) is 50.1 Å². The normalized spacial score (nSPS) is 13.2. The summed E-state index contributed by atoms with van der Waals surface area (Å²) in [5.74, 6) is -0.153. The van der Waals surface area contributed by atoms with Gasteiger partial charge in [-0.25, -0.2) is 8.42 Å². The number of amides is 2. The molecule has 0 saturated carbocycles. The van der Waals surface area contributed by atoms with Crippen molar-refractivity contribution in [1.82, 2.24) is 10.2 Å². The van der Waals surface area contributed by atoms with Gasteiger partial charge in [-0.1, -0.05) is 37.1 Å². The topological polar surface area (TPSA) is 105 Å². The smallest absolute Gasteiger partial charge is 0.244 e. The fraction of sp³-hybridized carbons (Fsp3) is 0.440. The van der Waals surface area contributed by atoms with E-state index < -0.39 is 28.5 Å². The number of hydrogen-bond acceptors (Lipinski definition) is 6. The van der Waals surface area contributed by atoms with Crippen molar-refractivity contribution in [1.29, 1.82) is 0 Å². The van der Waals surface area contributed by atoms with Crippen molar-refractivity contribution in [3.63, 3.8) is 0 Å². The Hall–Kier alpha value is -2.98. The summed E-state index contributed by atoms with van der Waals surface area (Å²) < 4.78 is 37.8. The summed E-state index contributed by atoms with van der Waals surface area (Å²) in [7, 11) is -3.83. The van der Waals surface area contributed by atoms with Gasteiger partial charge in [-0.3, -0.25) is 13.9 Å². The summed E-state index contributed by atoms with van der Waals surface area (Å²) in [6, 6.07) is 10.8. The fourth-order valence-electron chi connectivity index (χ4n) is 3.71. The second-order valence-corrected chi connectivity index (χ2v) is 11.0. The minimum Gasteiger partial charge on any atom is -0.454 e. The molecule has 1 aliphatic heterocycles. The monoisotopic (exact) mass is 537 g/mol. The Bertz CT molecular complexity index is 1190. The predicted molar refractivity (Wildman–Crippen MR) is 139 cm³/mol. The third kappa shape index (κ3) is 6.82. The average Bonchev–Trinajstić information content (AvgIpc) is 3.33. The molecule has 1 heterocycles. The van der Waals surface area contributed by atoms with E-state index >= 15 is 0 Å². The number of nitrogens with one attached hydrogen (secondary N) is 1. The second kappa shape index (κ2) is 12.3. The zero-order chi connectivity index (χ0) is 26.3. The van der Waals surface area contributed by atoms with Crippen LogP contribution in [0.2, 0.25) is 5.02 Å². The summed E-state index contributed by atoms with van der Waals surface area (Å²) in [5.41, 5.74) is 0.995. The quantitative estimate of drug-likeness (QED) is 0.415. The van der Waals surface area contributed by atoms with E-state index in [0.717, 1.165) is 22.7 Å². The van der Waals surface area contributed by atoms with Crippen LogP contribution in [-0.4, -0.2) is 56.8 Å². The number of carbonyl (C=O) groups is 2. The van der Waals surface area contributed by atoms with Crippen molar-refractivity contribution < 1.29 is 27.5 Å². The standard InChI is InChI=1S/C25H32ClN3O6S/c1-4-6-12-27-25(31)18(3)28(15-19-8-7-9-20(26)13-19)24(30)16-29(36(32,33)5-2)21-10-11-22-23(14-21)35-17-34-22/h7-11,13-14,18H,4-6,12,15-17H2,1-3H3,(H,27,31)/t18-/m0/s1. The first-order valence-corrected chi connectivity index (χ1v) is 13.9. The van der Waals surface area contributed by atoms with Gasteiger partial charge in [0.1, 0.15) is 12.6 Å². The van der Waals surface area contributed by atoms with Crippen LogP contribution < -0.4 is 19.1 Å². The largest absolute Gasteiger partial charge is 0.454 e. The Kier molecular flexibility index (Phi) is 9.44. The maximum atomic E-state index is 13.6. The number of sulfonamides is 1. The van der Waals surface area contributed by atoms with Crippen LogP contribution in [0.25, 0.3) is 0 Å². The summed E-state index contributed by atoms with van der Waals surface area (Å²) in [5, 5.41) is 3.35. The summed E-state index contributed by atoms with van der Waals surface area (Å²) in [6.45, 7) is 5.29. The van der Waals surface area contributed by atoms with Gasteiger partial charge >= 0.3 is 0 Å². The van der Waals surface area contributed by atoms with Crippen LogP contribution in [0.4, 0.5) is 5.69 Å². The molecule has 1 N–H and O–H groups in total. The van der Waals surface area contributed by atoms with E-state index in [4.69, 9.17) is 21.1 Å². The molecule has 0 aliphatic carbocycles. The van der Waals surface area contributed by atoms with Crippen molar-refractivity contribution in [3.8, 4) is 11.5 Å². The number of anilines is 1. The highest BCUT2D eigenvalue weighted by Crippen LogP contribution is 2.36. The van der Waals surface area contributed by atoms with E-state index in [1.54, 1.807) is 43.3 Å². The molecule has 0 saturated heterocycles. The van der Waals surface area contributed by atoms with Crippen molar-refractivity contribution in [2.24, 2.45) is 0 Å². The minimum atomic E-state index is -3.83. The van der Waals surface area contributed by atoms with Crippen LogP contribution in [0, 0.1) is 0 Å². The van der Waals surface area contributed by atoms with Crippen LogP contribution in [0.1, 0.15) is 39.2 Å². The molecule has 0 spiro atoms. The molecule has 0 aromatic heterocycles. The highest BCUT2D eigenvalue weighted by atomic mass is 35.5. The van der Waals surface area contributed by atoms with Gasteiger partial charge in [0.05, 0.1) is 11.4 Å². The highest BCUT2D eigenvalue weighted by molar-refractivity contribution is 7.92. The van der Waals surface area contributed by atoms with Crippen LogP contribution in [0.3, 0.4) is 0 Å². The van der Waals surface area contributed by atoms with Gasteiger partial charge in [0.2, 0.25) is 28.6 Å². The van der Waals surface area contributed by atoms with Crippen molar-refractivity contribution in [2.75, 3.05) is 29.9 Å². The lowest BCUT2D eigenvalue weighted by Gasteiger charge is -2.32. The van der Waals surface area contributed by atoms with Gasteiger partial charge in [0.15, 0.2) is 11.5 Å². The lowest BCUT2D eigenvalue weighted by molar-refractivity contribution is -0.139. The maximum absolute atomic E-state index is 13.6. The molecule has 36 heavy (non-hydrogen) atoms. The molecule has 2 aromatic carbocycles. The molecule has 0 bridgehead atoms. The van der Waals surface area contributed by atoms with E-state index in [2.05, 4.69) is 5.32 Å². The average molecular weight is 538 g/mol. The van der Waals surface area contributed by atoms with Crippen molar-refractivity contribution in [2.45, 2.75) is 46.2 Å². The third-order valence-electron chi connectivity index (χ3n) is 5.86. The lowest BCUT2D eigenvalue weighted by atomic mass is 10.1. The first-order chi connectivity index (χ1) is 17.2. The Morgan fingerprint density at radius 3 is 2.56 bits per heavy atom.